The Hall–Kier alpha value is -1.07. The molecule has 1 fully saturated rings. The number of nitrogens with one attached hydrogen (secondary N) is 1. The van der Waals surface area contributed by atoms with Gasteiger partial charge in [0, 0.05) is 36.3 Å². The third-order valence-corrected chi connectivity index (χ3v) is 4.06. The highest BCUT2D eigenvalue weighted by molar-refractivity contribution is 5.25. The van der Waals surface area contributed by atoms with Crippen LogP contribution in [0.25, 0.3) is 0 Å². The fourth-order valence-electron chi connectivity index (χ4n) is 3.08. The van der Waals surface area contributed by atoms with Gasteiger partial charge in [-0.2, -0.15) is 0 Å². The second kappa shape index (κ2) is 7.27. The molecule has 1 heterocycles. The van der Waals surface area contributed by atoms with Crippen LogP contribution >= 0.6 is 0 Å². The standard InChI is InChI=1S/C16H22F3NO/c1-3-6-20-16(11-5-7-21-14(11)4-2)15-12(18)8-10(17)9-13(15)19/h8-9,11,14,16,20H,3-7H2,1-2H3. The van der Waals surface area contributed by atoms with Gasteiger partial charge in [0.2, 0.25) is 0 Å². The molecule has 0 spiro atoms. The molecule has 3 atom stereocenters. The van der Waals surface area contributed by atoms with Gasteiger partial charge in [-0.3, -0.25) is 0 Å². The van der Waals surface area contributed by atoms with Gasteiger partial charge >= 0.3 is 0 Å². The van der Waals surface area contributed by atoms with Crippen molar-refractivity contribution in [3.8, 4) is 0 Å². The van der Waals surface area contributed by atoms with Crippen molar-refractivity contribution in [1.29, 1.82) is 0 Å². The summed E-state index contributed by atoms with van der Waals surface area (Å²) in [6.07, 6.45) is 2.36. The van der Waals surface area contributed by atoms with E-state index >= 15 is 0 Å². The van der Waals surface area contributed by atoms with Crippen molar-refractivity contribution < 1.29 is 17.9 Å². The monoisotopic (exact) mass is 301 g/mol. The Morgan fingerprint density at radius 3 is 2.48 bits per heavy atom. The molecule has 0 radical (unpaired) electrons. The summed E-state index contributed by atoms with van der Waals surface area (Å²) in [6, 6.07) is 1.00. The van der Waals surface area contributed by atoms with Crippen LogP contribution in [-0.4, -0.2) is 19.3 Å². The first-order chi connectivity index (χ1) is 10.1. The maximum absolute atomic E-state index is 14.1. The topological polar surface area (TPSA) is 21.3 Å². The van der Waals surface area contributed by atoms with E-state index in [1.807, 2.05) is 13.8 Å². The zero-order valence-electron chi connectivity index (χ0n) is 12.5. The summed E-state index contributed by atoms with van der Waals surface area (Å²) in [6.45, 7) is 5.23. The molecule has 1 aromatic carbocycles. The molecule has 2 rings (SSSR count). The first-order valence-corrected chi connectivity index (χ1v) is 7.57. The lowest BCUT2D eigenvalue weighted by Crippen LogP contribution is -2.34. The summed E-state index contributed by atoms with van der Waals surface area (Å²) in [5.74, 6) is -2.56. The number of halogens is 3. The first kappa shape index (κ1) is 16.3. The predicted octanol–water partition coefficient (Wildman–Crippen LogP) is 3.96. The summed E-state index contributed by atoms with van der Waals surface area (Å²) < 4.78 is 47.0. The van der Waals surface area contributed by atoms with Crippen LogP contribution in [0.4, 0.5) is 13.2 Å². The molecule has 0 saturated carbocycles. The van der Waals surface area contributed by atoms with Gasteiger partial charge in [0.1, 0.15) is 17.5 Å². The number of hydrogen-bond donors (Lipinski definition) is 1. The van der Waals surface area contributed by atoms with Crippen LogP contribution in [-0.2, 0) is 4.74 Å². The second-order valence-corrected chi connectivity index (χ2v) is 5.48. The van der Waals surface area contributed by atoms with Crippen molar-refractivity contribution in [2.24, 2.45) is 5.92 Å². The van der Waals surface area contributed by atoms with Gasteiger partial charge in [-0.25, -0.2) is 13.2 Å². The van der Waals surface area contributed by atoms with E-state index in [1.54, 1.807) is 0 Å². The second-order valence-electron chi connectivity index (χ2n) is 5.48. The highest BCUT2D eigenvalue weighted by Crippen LogP contribution is 2.37. The smallest absolute Gasteiger partial charge is 0.133 e. The molecule has 118 valence electrons. The molecule has 0 bridgehead atoms. The molecule has 0 amide bonds. The highest BCUT2D eigenvalue weighted by Gasteiger charge is 2.37. The predicted molar refractivity (Wildman–Crippen MR) is 75.5 cm³/mol. The van der Waals surface area contributed by atoms with E-state index in [0.29, 0.717) is 13.2 Å². The molecule has 2 nitrogen and oxygen atoms in total. The van der Waals surface area contributed by atoms with Gasteiger partial charge in [0.25, 0.3) is 0 Å². The number of hydrogen-bond acceptors (Lipinski definition) is 2. The Morgan fingerprint density at radius 2 is 1.90 bits per heavy atom. The lowest BCUT2D eigenvalue weighted by molar-refractivity contribution is 0.0765. The largest absolute Gasteiger partial charge is 0.378 e. The Bertz CT molecular complexity index is 458. The van der Waals surface area contributed by atoms with E-state index in [-0.39, 0.29) is 17.6 Å². The average molecular weight is 301 g/mol. The van der Waals surface area contributed by atoms with Gasteiger partial charge in [-0.1, -0.05) is 13.8 Å². The molecule has 1 aliphatic rings. The van der Waals surface area contributed by atoms with Gasteiger partial charge in [0.05, 0.1) is 6.10 Å². The molecular weight excluding hydrogens is 279 g/mol. The van der Waals surface area contributed by atoms with Crippen LogP contribution in [0.3, 0.4) is 0 Å². The van der Waals surface area contributed by atoms with Crippen LogP contribution in [0, 0.1) is 23.4 Å². The summed E-state index contributed by atoms with van der Waals surface area (Å²) in [7, 11) is 0. The van der Waals surface area contributed by atoms with Gasteiger partial charge in [-0.05, 0) is 25.8 Å². The maximum Gasteiger partial charge on any atom is 0.133 e. The lowest BCUT2D eigenvalue weighted by Gasteiger charge is -2.29. The molecule has 1 saturated heterocycles. The Balaban J connectivity index is 2.36. The maximum atomic E-state index is 14.1. The van der Waals surface area contributed by atoms with Gasteiger partial charge in [-0.15, -0.1) is 0 Å². The SMILES string of the molecule is CCCNC(c1c(F)cc(F)cc1F)C1CCOC1CC. The van der Waals surface area contributed by atoms with E-state index < -0.39 is 23.5 Å². The fourth-order valence-corrected chi connectivity index (χ4v) is 3.08. The van der Waals surface area contributed by atoms with Crippen LogP contribution in [0.2, 0.25) is 0 Å². The molecule has 0 aliphatic carbocycles. The van der Waals surface area contributed by atoms with Crippen molar-refractivity contribution in [2.75, 3.05) is 13.2 Å². The molecule has 5 heteroatoms. The summed E-state index contributed by atoms with van der Waals surface area (Å²) in [5, 5.41) is 3.21. The minimum absolute atomic E-state index is 0.00369. The summed E-state index contributed by atoms with van der Waals surface area (Å²) in [5.41, 5.74) is -0.0706. The van der Waals surface area contributed by atoms with Crippen molar-refractivity contribution >= 4 is 0 Å². The molecule has 3 unspecified atom stereocenters. The summed E-state index contributed by atoms with van der Waals surface area (Å²) >= 11 is 0. The normalized spacial score (nSPS) is 23.5. The van der Waals surface area contributed by atoms with Gasteiger partial charge < -0.3 is 10.1 Å². The average Bonchev–Trinajstić information content (AvgIpc) is 2.89. The lowest BCUT2D eigenvalue weighted by atomic mass is 9.86. The van der Waals surface area contributed by atoms with E-state index in [9.17, 15) is 13.2 Å². The third kappa shape index (κ3) is 3.58. The van der Waals surface area contributed by atoms with E-state index in [4.69, 9.17) is 4.74 Å². The quantitative estimate of drug-likeness (QED) is 0.858. The fraction of sp³-hybridized carbons (Fsp3) is 0.625. The van der Waals surface area contributed by atoms with Crippen LogP contribution in [0.1, 0.15) is 44.7 Å². The molecule has 1 aromatic rings. The van der Waals surface area contributed by atoms with E-state index in [0.717, 1.165) is 31.4 Å². The summed E-state index contributed by atoms with van der Waals surface area (Å²) in [4.78, 5) is 0. The number of benzene rings is 1. The van der Waals surface area contributed by atoms with Crippen molar-refractivity contribution in [3.63, 3.8) is 0 Å². The number of ether oxygens (including phenoxy) is 1. The Kier molecular flexibility index (Phi) is 5.65. The molecule has 1 aliphatic heterocycles. The van der Waals surface area contributed by atoms with E-state index in [1.165, 1.54) is 0 Å². The number of rotatable bonds is 6. The molecule has 21 heavy (non-hydrogen) atoms. The van der Waals surface area contributed by atoms with Crippen LogP contribution in [0.15, 0.2) is 12.1 Å². The zero-order valence-corrected chi connectivity index (χ0v) is 12.5. The van der Waals surface area contributed by atoms with Crippen LogP contribution < -0.4 is 5.32 Å². The van der Waals surface area contributed by atoms with Gasteiger partial charge in [0.15, 0.2) is 0 Å². The van der Waals surface area contributed by atoms with Crippen LogP contribution in [0.5, 0.6) is 0 Å². The van der Waals surface area contributed by atoms with E-state index in [2.05, 4.69) is 5.32 Å². The van der Waals surface area contributed by atoms with Crippen molar-refractivity contribution in [3.05, 3.63) is 35.1 Å². The highest BCUT2D eigenvalue weighted by atomic mass is 19.1. The minimum Gasteiger partial charge on any atom is -0.378 e. The Morgan fingerprint density at radius 1 is 1.24 bits per heavy atom. The third-order valence-electron chi connectivity index (χ3n) is 4.06. The zero-order chi connectivity index (χ0) is 15.4. The molecular formula is C16H22F3NO. The Labute approximate surface area is 123 Å². The minimum atomic E-state index is -0.891. The van der Waals surface area contributed by atoms with Crippen molar-refractivity contribution in [1.82, 2.24) is 5.32 Å². The first-order valence-electron chi connectivity index (χ1n) is 7.57. The van der Waals surface area contributed by atoms with Crippen molar-refractivity contribution in [2.45, 2.75) is 45.3 Å². The molecule has 0 aromatic heterocycles. The molecule has 1 N–H and O–H groups in total.